The maximum absolute atomic E-state index is 11.9. The van der Waals surface area contributed by atoms with Gasteiger partial charge in [0.2, 0.25) is 11.8 Å². The minimum Gasteiger partial charge on any atom is -0.493 e. The lowest BCUT2D eigenvalue weighted by Gasteiger charge is -2.10. The molecule has 1 aromatic rings. The van der Waals surface area contributed by atoms with Gasteiger partial charge in [0.15, 0.2) is 5.16 Å². The summed E-state index contributed by atoms with van der Waals surface area (Å²) in [5, 5.41) is 12.7. The molecule has 1 unspecified atom stereocenters. The summed E-state index contributed by atoms with van der Waals surface area (Å²) in [5.74, 6) is -0.417. The van der Waals surface area contributed by atoms with Crippen molar-refractivity contribution in [2.45, 2.75) is 31.3 Å². The Morgan fingerprint density at radius 3 is 2.90 bits per heavy atom. The number of thioether (sulfide) groups is 1. The lowest BCUT2D eigenvalue weighted by Crippen LogP contribution is -2.25. The van der Waals surface area contributed by atoms with E-state index in [1.165, 1.54) is 0 Å². The Bertz CT molecular complexity index is 542. The van der Waals surface area contributed by atoms with Crippen LogP contribution in [0.4, 0.5) is 0 Å². The molecule has 7 heteroatoms. The van der Waals surface area contributed by atoms with Crippen LogP contribution >= 0.6 is 11.8 Å². The third-order valence-corrected chi connectivity index (χ3v) is 3.68. The third-order valence-electron chi connectivity index (χ3n) is 2.80. The monoisotopic (exact) mass is 297 g/mol. The smallest absolute Gasteiger partial charge is 0.258 e. The largest absolute Gasteiger partial charge is 0.493 e. The van der Waals surface area contributed by atoms with Gasteiger partial charge in [-0.1, -0.05) is 31.7 Å². The minimum atomic E-state index is -0.360. The highest BCUT2D eigenvalue weighted by molar-refractivity contribution is 7.99. The first-order chi connectivity index (χ1) is 9.49. The standard InChI is InChI=1S/C13H19N3O3S/c1-4-6-14-9(17)7-20-13-15-11(18)10(8(3)5-2)12(19)16-13/h4,8H,1,5-7H2,2-3H3,(H,14,17)(H2,15,16,18,19). The van der Waals surface area contributed by atoms with Crippen molar-refractivity contribution in [1.82, 2.24) is 15.3 Å². The van der Waals surface area contributed by atoms with E-state index in [-0.39, 0.29) is 39.7 Å². The number of amides is 1. The van der Waals surface area contributed by atoms with E-state index in [0.29, 0.717) is 6.54 Å². The Kier molecular flexibility index (Phi) is 6.30. The van der Waals surface area contributed by atoms with Gasteiger partial charge in [-0.3, -0.25) is 9.59 Å². The zero-order valence-corrected chi connectivity index (χ0v) is 12.4. The first-order valence-electron chi connectivity index (χ1n) is 6.33. The summed E-state index contributed by atoms with van der Waals surface area (Å²) in [4.78, 5) is 29.8. The normalized spacial score (nSPS) is 11.9. The molecule has 1 heterocycles. The Labute approximate surface area is 121 Å². The number of carbonyl (C=O) groups excluding carboxylic acids is 1. The molecule has 0 spiro atoms. The van der Waals surface area contributed by atoms with Gasteiger partial charge in [0, 0.05) is 6.54 Å². The summed E-state index contributed by atoms with van der Waals surface area (Å²) < 4.78 is 0. The summed E-state index contributed by atoms with van der Waals surface area (Å²) in [6.07, 6.45) is 2.31. The topological polar surface area (TPSA) is 95.1 Å². The highest BCUT2D eigenvalue weighted by atomic mass is 32.2. The first-order valence-corrected chi connectivity index (χ1v) is 7.31. The number of aromatic amines is 1. The summed E-state index contributed by atoms with van der Waals surface area (Å²) in [6.45, 7) is 7.66. The van der Waals surface area contributed by atoms with E-state index >= 15 is 0 Å². The molecule has 1 rings (SSSR count). The zero-order valence-electron chi connectivity index (χ0n) is 11.6. The Morgan fingerprint density at radius 1 is 1.65 bits per heavy atom. The fourth-order valence-electron chi connectivity index (χ4n) is 1.54. The number of nitrogens with zero attached hydrogens (tertiary/aromatic N) is 1. The second-order valence-electron chi connectivity index (χ2n) is 4.30. The highest BCUT2D eigenvalue weighted by Crippen LogP contribution is 2.24. The molecule has 0 saturated carbocycles. The first kappa shape index (κ1) is 16.3. The van der Waals surface area contributed by atoms with Gasteiger partial charge in [-0.05, 0) is 12.3 Å². The third kappa shape index (κ3) is 4.41. The van der Waals surface area contributed by atoms with Crippen LogP contribution in [-0.4, -0.2) is 33.3 Å². The van der Waals surface area contributed by atoms with Crippen LogP contribution < -0.4 is 10.9 Å². The average molecular weight is 297 g/mol. The molecule has 0 aliphatic rings. The van der Waals surface area contributed by atoms with Crippen molar-refractivity contribution in [3.05, 3.63) is 28.6 Å². The fourth-order valence-corrected chi connectivity index (χ4v) is 2.22. The van der Waals surface area contributed by atoms with Gasteiger partial charge in [-0.2, -0.15) is 4.98 Å². The van der Waals surface area contributed by atoms with E-state index in [1.807, 2.05) is 13.8 Å². The quantitative estimate of drug-likeness (QED) is 0.401. The van der Waals surface area contributed by atoms with Crippen molar-refractivity contribution in [3.8, 4) is 5.88 Å². The van der Waals surface area contributed by atoms with Crippen molar-refractivity contribution in [3.63, 3.8) is 0 Å². The number of rotatable bonds is 7. The van der Waals surface area contributed by atoms with E-state index in [1.54, 1.807) is 6.08 Å². The molecule has 0 saturated heterocycles. The molecular formula is C13H19N3O3S. The van der Waals surface area contributed by atoms with Crippen LogP contribution in [0.3, 0.4) is 0 Å². The zero-order chi connectivity index (χ0) is 15.1. The van der Waals surface area contributed by atoms with Crippen LogP contribution in [0.5, 0.6) is 5.88 Å². The minimum absolute atomic E-state index is 0.0683. The molecule has 1 atom stereocenters. The summed E-state index contributed by atoms with van der Waals surface area (Å²) in [7, 11) is 0. The molecule has 110 valence electrons. The van der Waals surface area contributed by atoms with E-state index in [4.69, 9.17) is 0 Å². The summed E-state index contributed by atoms with van der Waals surface area (Å²) >= 11 is 1.06. The van der Waals surface area contributed by atoms with Gasteiger partial charge in [0.25, 0.3) is 5.56 Å². The van der Waals surface area contributed by atoms with Crippen LogP contribution in [-0.2, 0) is 4.79 Å². The van der Waals surface area contributed by atoms with Crippen LogP contribution in [0, 0.1) is 0 Å². The van der Waals surface area contributed by atoms with Crippen molar-refractivity contribution >= 4 is 17.7 Å². The predicted molar refractivity (Wildman–Crippen MR) is 79.2 cm³/mol. The van der Waals surface area contributed by atoms with Crippen molar-refractivity contribution in [2.24, 2.45) is 0 Å². The van der Waals surface area contributed by atoms with Crippen molar-refractivity contribution in [1.29, 1.82) is 0 Å². The number of carbonyl (C=O) groups is 1. The van der Waals surface area contributed by atoms with Crippen LogP contribution in [0.1, 0.15) is 31.7 Å². The molecule has 3 N–H and O–H groups in total. The maximum atomic E-state index is 11.9. The van der Waals surface area contributed by atoms with Crippen LogP contribution in [0.15, 0.2) is 22.6 Å². The molecule has 0 aliphatic carbocycles. The van der Waals surface area contributed by atoms with Crippen molar-refractivity contribution < 1.29 is 9.90 Å². The lowest BCUT2D eigenvalue weighted by molar-refractivity contribution is -0.118. The Hall–Kier alpha value is -1.76. The average Bonchev–Trinajstić information content (AvgIpc) is 2.41. The second kappa shape index (κ2) is 7.74. The molecule has 6 nitrogen and oxygen atoms in total. The van der Waals surface area contributed by atoms with E-state index in [0.717, 1.165) is 18.2 Å². The number of aromatic nitrogens is 2. The number of hydrogen-bond acceptors (Lipinski definition) is 5. The number of hydrogen-bond donors (Lipinski definition) is 3. The predicted octanol–water partition coefficient (Wildman–Crippen LogP) is 1.38. The molecule has 1 amide bonds. The number of nitrogens with one attached hydrogen (secondary N) is 2. The molecule has 0 aliphatic heterocycles. The van der Waals surface area contributed by atoms with Gasteiger partial charge in [0.1, 0.15) is 0 Å². The maximum Gasteiger partial charge on any atom is 0.258 e. The molecule has 0 bridgehead atoms. The number of H-pyrrole nitrogens is 1. The van der Waals surface area contributed by atoms with Gasteiger partial charge in [-0.15, -0.1) is 6.58 Å². The lowest BCUT2D eigenvalue weighted by atomic mass is 10.0. The Balaban J connectivity index is 2.77. The molecular weight excluding hydrogens is 278 g/mol. The van der Waals surface area contributed by atoms with E-state index < -0.39 is 0 Å². The molecule has 0 radical (unpaired) electrons. The van der Waals surface area contributed by atoms with E-state index in [9.17, 15) is 14.7 Å². The number of aromatic hydroxyl groups is 1. The summed E-state index contributed by atoms with van der Waals surface area (Å²) in [5.41, 5.74) is -0.0752. The fraction of sp³-hybridized carbons (Fsp3) is 0.462. The molecule has 0 aromatic carbocycles. The van der Waals surface area contributed by atoms with Gasteiger partial charge < -0.3 is 15.4 Å². The van der Waals surface area contributed by atoms with Gasteiger partial charge >= 0.3 is 0 Å². The SMILES string of the molecule is C=CCNC(=O)CSc1nc(O)c(C(C)CC)c(=O)[nH]1. The van der Waals surface area contributed by atoms with E-state index in [2.05, 4.69) is 21.9 Å². The van der Waals surface area contributed by atoms with Crippen molar-refractivity contribution in [2.75, 3.05) is 12.3 Å². The molecule has 0 fully saturated rings. The summed E-state index contributed by atoms with van der Waals surface area (Å²) in [6, 6.07) is 0. The van der Waals surface area contributed by atoms with Gasteiger partial charge in [-0.25, -0.2) is 0 Å². The van der Waals surface area contributed by atoms with Crippen LogP contribution in [0.25, 0.3) is 0 Å². The van der Waals surface area contributed by atoms with Crippen LogP contribution in [0.2, 0.25) is 0 Å². The second-order valence-corrected chi connectivity index (χ2v) is 5.26. The molecule has 20 heavy (non-hydrogen) atoms. The van der Waals surface area contributed by atoms with Gasteiger partial charge in [0.05, 0.1) is 11.3 Å². The molecule has 1 aromatic heterocycles. The Morgan fingerprint density at radius 2 is 2.35 bits per heavy atom. The highest BCUT2D eigenvalue weighted by Gasteiger charge is 2.16.